The zero-order valence-corrected chi connectivity index (χ0v) is 6.59. The summed E-state index contributed by atoms with van der Waals surface area (Å²) in [6.07, 6.45) is 1.79. The van der Waals surface area contributed by atoms with Gasteiger partial charge in [-0.25, -0.2) is 4.98 Å². The molecule has 0 saturated carbocycles. The zero-order chi connectivity index (χ0) is 7.56. The molecule has 0 aliphatic heterocycles. The second-order valence-corrected chi connectivity index (χ2v) is 2.30. The summed E-state index contributed by atoms with van der Waals surface area (Å²) in [6.45, 7) is 4.61. The van der Waals surface area contributed by atoms with E-state index in [9.17, 15) is 0 Å². The summed E-state index contributed by atoms with van der Waals surface area (Å²) >= 11 is 0. The number of aromatic nitrogens is 2. The number of methoxy groups -OCH3 is 1. The van der Waals surface area contributed by atoms with E-state index in [1.165, 1.54) is 5.69 Å². The summed E-state index contributed by atoms with van der Waals surface area (Å²) in [6, 6.07) is 0. The van der Waals surface area contributed by atoms with Crippen molar-refractivity contribution in [1.29, 1.82) is 0 Å². The van der Waals surface area contributed by atoms with Crippen LogP contribution in [-0.4, -0.2) is 16.7 Å². The fraction of sp³-hybridized carbons (Fsp3) is 0.571. The van der Waals surface area contributed by atoms with Gasteiger partial charge in [0.15, 0.2) is 0 Å². The Balaban J connectivity index is 2.83. The van der Waals surface area contributed by atoms with Gasteiger partial charge in [0.25, 0.3) is 0 Å². The zero-order valence-electron chi connectivity index (χ0n) is 6.59. The molecular weight excluding hydrogens is 128 g/mol. The Morgan fingerprint density at radius 3 is 2.70 bits per heavy atom. The molecule has 56 valence electrons. The normalized spacial score (nSPS) is 10.3. The van der Waals surface area contributed by atoms with Crippen molar-refractivity contribution < 1.29 is 4.74 Å². The standard InChI is InChI=1S/C7H12N2O/c1-6-7(2)9(4-8-6)5-10-3/h4H,5H2,1-3H3. The Labute approximate surface area is 60.6 Å². The van der Waals surface area contributed by atoms with Crippen molar-refractivity contribution in [2.75, 3.05) is 7.11 Å². The van der Waals surface area contributed by atoms with Crippen LogP contribution in [0, 0.1) is 13.8 Å². The number of aryl methyl sites for hydroxylation is 1. The van der Waals surface area contributed by atoms with Crippen LogP contribution in [0.25, 0.3) is 0 Å². The van der Waals surface area contributed by atoms with E-state index in [4.69, 9.17) is 4.74 Å². The van der Waals surface area contributed by atoms with Crippen molar-refractivity contribution in [1.82, 2.24) is 9.55 Å². The van der Waals surface area contributed by atoms with Crippen LogP contribution in [0.5, 0.6) is 0 Å². The van der Waals surface area contributed by atoms with Crippen LogP contribution in [0.2, 0.25) is 0 Å². The van der Waals surface area contributed by atoms with Crippen LogP contribution in [0.4, 0.5) is 0 Å². The van der Waals surface area contributed by atoms with E-state index in [2.05, 4.69) is 4.98 Å². The third-order valence-corrected chi connectivity index (χ3v) is 1.61. The molecule has 0 bridgehead atoms. The predicted octanol–water partition coefficient (Wildman–Crippen LogP) is 1.10. The Kier molecular flexibility index (Phi) is 2.06. The molecule has 0 N–H and O–H groups in total. The molecule has 0 aliphatic rings. The SMILES string of the molecule is COCn1cnc(C)c1C. The highest BCUT2D eigenvalue weighted by Gasteiger charge is 1.98. The lowest BCUT2D eigenvalue weighted by molar-refractivity contribution is 0.129. The average molecular weight is 140 g/mol. The number of hydrogen-bond donors (Lipinski definition) is 0. The first-order valence-electron chi connectivity index (χ1n) is 3.23. The summed E-state index contributed by atoms with van der Waals surface area (Å²) in [4.78, 5) is 4.12. The van der Waals surface area contributed by atoms with E-state index in [-0.39, 0.29) is 0 Å². The van der Waals surface area contributed by atoms with Gasteiger partial charge in [-0.1, -0.05) is 0 Å². The molecule has 0 saturated heterocycles. The Hall–Kier alpha value is -0.830. The van der Waals surface area contributed by atoms with Crippen LogP contribution in [-0.2, 0) is 11.5 Å². The largest absolute Gasteiger partial charge is 0.364 e. The highest BCUT2D eigenvalue weighted by atomic mass is 16.5. The Bertz CT molecular complexity index is 217. The van der Waals surface area contributed by atoms with Crippen molar-refractivity contribution in [3.63, 3.8) is 0 Å². The molecule has 0 unspecified atom stereocenters. The molecule has 1 heterocycles. The molecule has 0 fully saturated rings. The summed E-state index contributed by atoms with van der Waals surface area (Å²) in [5.41, 5.74) is 2.24. The van der Waals surface area contributed by atoms with Gasteiger partial charge in [0, 0.05) is 12.8 Å². The van der Waals surface area contributed by atoms with E-state index < -0.39 is 0 Å². The van der Waals surface area contributed by atoms with Gasteiger partial charge in [-0.05, 0) is 13.8 Å². The van der Waals surface area contributed by atoms with Crippen LogP contribution in [0.15, 0.2) is 6.33 Å². The predicted molar refractivity (Wildman–Crippen MR) is 38.7 cm³/mol. The van der Waals surface area contributed by atoms with Gasteiger partial charge in [-0.2, -0.15) is 0 Å². The summed E-state index contributed by atoms with van der Waals surface area (Å²) in [5.74, 6) is 0. The third-order valence-electron chi connectivity index (χ3n) is 1.61. The van der Waals surface area contributed by atoms with Gasteiger partial charge in [0.05, 0.1) is 12.0 Å². The second kappa shape index (κ2) is 2.84. The highest BCUT2D eigenvalue weighted by Crippen LogP contribution is 2.02. The molecule has 1 rings (SSSR count). The Morgan fingerprint density at radius 1 is 1.60 bits per heavy atom. The van der Waals surface area contributed by atoms with Gasteiger partial charge < -0.3 is 9.30 Å². The first kappa shape index (κ1) is 7.28. The maximum atomic E-state index is 4.94. The molecule has 3 heteroatoms. The molecule has 3 nitrogen and oxygen atoms in total. The maximum Gasteiger partial charge on any atom is 0.123 e. The quantitative estimate of drug-likeness (QED) is 0.615. The van der Waals surface area contributed by atoms with Crippen molar-refractivity contribution in [3.8, 4) is 0 Å². The minimum atomic E-state index is 0.590. The van der Waals surface area contributed by atoms with Crippen LogP contribution < -0.4 is 0 Å². The summed E-state index contributed by atoms with van der Waals surface area (Å²) < 4.78 is 6.91. The molecular formula is C7H12N2O. The summed E-state index contributed by atoms with van der Waals surface area (Å²) in [7, 11) is 1.68. The maximum absolute atomic E-state index is 4.94. The minimum absolute atomic E-state index is 0.590. The number of ether oxygens (including phenoxy) is 1. The summed E-state index contributed by atoms with van der Waals surface area (Å²) in [5, 5.41) is 0. The number of nitrogens with zero attached hydrogens (tertiary/aromatic N) is 2. The topological polar surface area (TPSA) is 27.1 Å². The minimum Gasteiger partial charge on any atom is -0.364 e. The molecule has 1 aromatic heterocycles. The number of hydrogen-bond acceptors (Lipinski definition) is 2. The first-order valence-corrected chi connectivity index (χ1v) is 3.23. The smallest absolute Gasteiger partial charge is 0.123 e. The molecule has 0 spiro atoms. The van der Waals surface area contributed by atoms with Gasteiger partial charge in [-0.15, -0.1) is 0 Å². The molecule has 0 aliphatic carbocycles. The van der Waals surface area contributed by atoms with Crippen molar-refractivity contribution >= 4 is 0 Å². The lowest BCUT2D eigenvalue weighted by atomic mass is 10.4. The second-order valence-electron chi connectivity index (χ2n) is 2.30. The molecule has 10 heavy (non-hydrogen) atoms. The van der Waals surface area contributed by atoms with E-state index in [1.807, 2.05) is 18.4 Å². The van der Waals surface area contributed by atoms with Crippen molar-refractivity contribution in [3.05, 3.63) is 17.7 Å². The van der Waals surface area contributed by atoms with Crippen molar-refractivity contribution in [2.45, 2.75) is 20.6 Å². The number of rotatable bonds is 2. The van der Waals surface area contributed by atoms with Crippen LogP contribution >= 0.6 is 0 Å². The van der Waals surface area contributed by atoms with Crippen molar-refractivity contribution in [2.24, 2.45) is 0 Å². The fourth-order valence-electron chi connectivity index (χ4n) is 0.813. The molecule has 0 radical (unpaired) electrons. The lowest BCUT2D eigenvalue weighted by Crippen LogP contribution is -1.99. The number of imidazole rings is 1. The molecule has 0 aromatic carbocycles. The average Bonchev–Trinajstić information content (AvgIpc) is 2.20. The molecule has 1 aromatic rings. The molecule has 0 amide bonds. The third kappa shape index (κ3) is 1.19. The lowest BCUT2D eigenvalue weighted by Gasteiger charge is -2.01. The van der Waals surface area contributed by atoms with Gasteiger partial charge in [-0.3, -0.25) is 0 Å². The van der Waals surface area contributed by atoms with E-state index in [0.29, 0.717) is 6.73 Å². The van der Waals surface area contributed by atoms with Gasteiger partial charge >= 0.3 is 0 Å². The van der Waals surface area contributed by atoms with Crippen LogP contribution in [0.1, 0.15) is 11.4 Å². The Morgan fingerprint density at radius 2 is 2.30 bits per heavy atom. The fourth-order valence-corrected chi connectivity index (χ4v) is 0.813. The van der Waals surface area contributed by atoms with E-state index in [1.54, 1.807) is 13.4 Å². The van der Waals surface area contributed by atoms with E-state index >= 15 is 0 Å². The van der Waals surface area contributed by atoms with Gasteiger partial charge in [0.1, 0.15) is 6.73 Å². The van der Waals surface area contributed by atoms with Gasteiger partial charge in [0.2, 0.25) is 0 Å². The monoisotopic (exact) mass is 140 g/mol. The highest BCUT2D eigenvalue weighted by molar-refractivity contribution is 5.07. The molecule has 0 atom stereocenters. The first-order chi connectivity index (χ1) is 4.75. The van der Waals surface area contributed by atoms with Crippen LogP contribution in [0.3, 0.4) is 0 Å². The van der Waals surface area contributed by atoms with E-state index in [0.717, 1.165) is 5.69 Å².